The lowest BCUT2D eigenvalue weighted by molar-refractivity contribution is 0.0942. The van der Waals surface area contributed by atoms with Crippen LogP contribution in [0.4, 0.5) is 10.1 Å². The van der Waals surface area contributed by atoms with Crippen LogP contribution in [-0.4, -0.2) is 31.4 Å². The second-order valence-electron chi connectivity index (χ2n) is 5.70. The van der Waals surface area contributed by atoms with Crippen LogP contribution in [0.3, 0.4) is 0 Å². The minimum Gasteiger partial charge on any atom is -0.346 e. The number of aromatic nitrogens is 4. The van der Waals surface area contributed by atoms with Gasteiger partial charge in [-0.3, -0.25) is 19.0 Å². The van der Waals surface area contributed by atoms with Crippen LogP contribution in [0, 0.1) is 5.82 Å². The molecule has 0 aliphatic carbocycles. The molecule has 0 aliphatic heterocycles. The molecule has 0 radical (unpaired) electrons. The van der Waals surface area contributed by atoms with Crippen molar-refractivity contribution in [2.75, 3.05) is 5.32 Å². The van der Waals surface area contributed by atoms with Crippen molar-refractivity contribution in [1.82, 2.24) is 24.9 Å². The molecular weight excluding hydrogens is 339 g/mol. The molecule has 2 N–H and O–H groups in total. The molecule has 2 heterocycles. The first-order chi connectivity index (χ1) is 12.4. The molecule has 3 aromatic rings. The third kappa shape index (κ3) is 3.77. The third-order valence-corrected chi connectivity index (χ3v) is 3.72. The van der Waals surface area contributed by atoms with Crippen molar-refractivity contribution in [2.45, 2.75) is 6.54 Å². The van der Waals surface area contributed by atoms with Crippen molar-refractivity contribution >= 4 is 17.5 Å². The Bertz CT molecular complexity index is 945. The summed E-state index contributed by atoms with van der Waals surface area (Å²) in [5, 5.41) is 13.4. The first kappa shape index (κ1) is 17.3. The highest BCUT2D eigenvalue weighted by Crippen LogP contribution is 2.16. The Kier molecular flexibility index (Phi) is 4.78. The number of hydrogen-bond acceptors (Lipinski definition) is 4. The highest BCUT2D eigenvalue weighted by Gasteiger charge is 2.19. The number of halogens is 1. The average molecular weight is 356 g/mol. The molecule has 3 rings (SSSR count). The SMILES string of the molecule is Cn1cc(CNC(=O)c2c(NC(=O)c3ccc(F)cc3)cnn2C)cn1. The van der Waals surface area contributed by atoms with Crippen LogP contribution in [0.2, 0.25) is 0 Å². The van der Waals surface area contributed by atoms with E-state index in [1.165, 1.54) is 35.1 Å². The minimum atomic E-state index is -0.459. The Morgan fingerprint density at radius 1 is 1.08 bits per heavy atom. The summed E-state index contributed by atoms with van der Waals surface area (Å²) in [6.07, 6.45) is 4.84. The Hall–Kier alpha value is -3.49. The molecule has 0 aliphatic rings. The van der Waals surface area contributed by atoms with Crippen molar-refractivity contribution in [2.24, 2.45) is 14.1 Å². The summed E-state index contributed by atoms with van der Waals surface area (Å²) in [4.78, 5) is 24.8. The summed E-state index contributed by atoms with van der Waals surface area (Å²) in [7, 11) is 3.39. The van der Waals surface area contributed by atoms with Gasteiger partial charge in [0.25, 0.3) is 11.8 Å². The van der Waals surface area contributed by atoms with E-state index in [0.29, 0.717) is 6.54 Å². The van der Waals surface area contributed by atoms with E-state index in [-0.39, 0.29) is 22.9 Å². The Morgan fingerprint density at radius 2 is 1.81 bits per heavy atom. The number of carbonyl (C=O) groups excluding carboxylic acids is 2. The maximum absolute atomic E-state index is 13.0. The first-order valence-corrected chi connectivity index (χ1v) is 7.78. The summed E-state index contributed by atoms with van der Waals surface area (Å²) in [6.45, 7) is 0.295. The molecule has 0 bridgehead atoms. The predicted octanol–water partition coefficient (Wildman–Crippen LogP) is 1.47. The monoisotopic (exact) mass is 356 g/mol. The van der Waals surface area contributed by atoms with Crippen molar-refractivity contribution in [3.05, 3.63) is 65.5 Å². The Morgan fingerprint density at radius 3 is 2.46 bits per heavy atom. The molecule has 1 aromatic carbocycles. The lowest BCUT2D eigenvalue weighted by atomic mass is 10.2. The van der Waals surface area contributed by atoms with Gasteiger partial charge >= 0.3 is 0 Å². The Balaban J connectivity index is 1.72. The quantitative estimate of drug-likeness (QED) is 0.724. The number of aryl methyl sites for hydroxylation is 2. The van der Waals surface area contributed by atoms with Crippen molar-refractivity contribution < 1.29 is 14.0 Å². The van der Waals surface area contributed by atoms with Gasteiger partial charge in [-0.15, -0.1) is 0 Å². The second-order valence-corrected chi connectivity index (χ2v) is 5.70. The first-order valence-electron chi connectivity index (χ1n) is 7.78. The molecule has 0 saturated carbocycles. The highest BCUT2D eigenvalue weighted by molar-refractivity contribution is 6.08. The molecule has 134 valence electrons. The van der Waals surface area contributed by atoms with Gasteiger partial charge in [-0.05, 0) is 24.3 Å². The van der Waals surface area contributed by atoms with Crippen LogP contribution < -0.4 is 10.6 Å². The van der Waals surface area contributed by atoms with E-state index in [1.54, 1.807) is 31.2 Å². The molecule has 0 fully saturated rings. The zero-order valence-electron chi connectivity index (χ0n) is 14.2. The van der Waals surface area contributed by atoms with E-state index in [2.05, 4.69) is 20.8 Å². The van der Waals surface area contributed by atoms with Crippen LogP contribution in [0.25, 0.3) is 0 Å². The number of carbonyl (C=O) groups is 2. The summed E-state index contributed by atoms with van der Waals surface area (Å²) < 4.78 is 16.0. The molecule has 9 heteroatoms. The van der Waals surface area contributed by atoms with Gasteiger partial charge in [0.15, 0.2) is 0 Å². The van der Waals surface area contributed by atoms with E-state index in [1.807, 2.05) is 0 Å². The zero-order chi connectivity index (χ0) is 18.7. The lowest BCUT2D eigenvalue weighted by Gasteiger charge is -2.08. The third-order valence-electron chi connectivity index (χ3n) is 3.72. The topological polar surface area (TPSA) is 93.8 Å². The molecular formula is C17H17FN6O2. The van der Waals surface area contributed by atoms with Crippen LogP contribution in [0.5, 0.6) is 0 Å². The minimum absolute atomic E-state index is 0.212. The van der Waals surface area contributed by atoms with E-state index in [4.69, 9.17) is 0 Å². The fraction of sp³-hybridized carbons (Fsp3) is 0.176. The van der Waals surface area contributed by atoms with Crippen LogP contribution >= 0.6 is 0 Å². The maximum Gasteiger partial charge on any atom is 0.271 e. The zero-order valence-corrected chi connectivity index (χ0v) is 14.2. The summed E-state index contributed by atoms with van der Waals surface area (Å²) in [6, 6.07) is 5.12. The summed E-state index contributed by atoms with van der Waals surface area (Å²) >= 11 is 0. The lowest BCUT2D eigenvalue weighted by Crippen LogP contribution is -2.26. The van der Waals surface area contributed by atoms with E-state index in [0.717, 1.165) is 5.56 Å². The van der Waals surface area contributed by atoms with Gasteiger partial charge in [0.05, 0.1) is 18.1 Å². The number of nitrogens with one attached hydrogen (secondary N) is 2. The number of nitrogens with zero attached hydrogens (tertiary/aromatic N) is 4. The van der Waals surface area contributed by atoms with Gasteiger partial charge in [0, 0.05) is 38.0 Å². The fourth-order valence-corrected chi connectivity index (χ4v) is 2.42. The largest absolute Gasteiger partial charge is 0.346 e. The average Bonchev–Trinajstić information content (AvgIpc) is 3.19. The number of benzene rings is 1. The van der Waals surface area contributed by atoms with Gasteiger partial charge in [-0.1, -0.05) is 0 Å². The van der Waals surface area contributed by atoms with Gasteiger partial charge < -0.3 is 10.6 Å². The summed E-state index contributed by atoms with van der Waals surface area (Å²) in [5.41, 5.74) is 1.60. The van der Waals surface area contributed by atoms with Gasteiger partial charge in [0.1, 0.15) is 11.5 Å². The van der Waals surface area contributed by atoms with Crippen molar-refractivity contribution in [3.8, 4) is 0 Å². The molecule has 0 atom stereocenters. The van der Waals surface area contributed by atoms with E-state index < -0.39 is 11.7 Å². The number of anilines is 1. The molecule has 2 aromatic heterocycles. The van der Waals surface area contributed by atoms with Crippen LogP contribution in [-0.2, 0) is 20.6 Å². The molecule has 26 heavy (non-hydrogen) atoms. The highest BCUT2D eigenvalue weighted by atomic mass is 19.1. The normalized spacial score (nSPS) is 10.6. The summed E-state index contributed by atoms with van der Waals surface area (Å²) in [5.74, 6) is -1.28. The smallest absolute Gasteiger partial charge is 0.271 e. The van der Waals surface area contributed by atoms with Crippen LogP contribution in [0.15, 0.2) is 42.9 Å². The molecule has 0 spiro atoms. The molecule has 0 unspecified atom stereocenters. The molecule has 0 saturated heterocycles. The number of rotatable bonds is 5. The predicted molar refractivity (Wildman–Crippen MR) is 91.9 cm³/mol. The van der Waals surface area contributed by atoms with Gasteiger partial charge in [-0.2, -0.15) is 10.2 Å². The van der Waals surface area contributed by atoms with Gasteiger partial charge in [0.2, 0.25) is 0 Å². The van der Waals surface area contributed by atoms with Crippen molar-refractivity contribution in [1.29, 1.82) is 0 Å². The van der Waals surface area contributed by atoms with E-state index in [9.17, 15) is 14.0 Å². The van der Waals surface area contributed by atoms with Crippen molar-refractivity contribution in [3.63, 3.8) is 0 Å². The maximum atomic E-state index is 13.0. The Labute approximate surface area is 148 Å². The van der Waals surface area contributed by atoms with Gasteiger partial charge in [-0.25, -0.2) is 4.39 Å². The number of amides is 2. The second kappa shape index (κ2) is 7.18. The van der Waals surface area contributed by atoms with Crippen LogP contribution in [0.1, 0.15) is 26.4 Å². The van der Waals surface area contributed by atoms with E-state index >= 15 is 0 Å². The fourth-order valence-electron chi connectivity index (χ4n) is 2.42. The standard InChI is InChI=1S/C17H17FN6O2/c1-23-10-11(8-20-23)7-19-17(26)15-14(9-21-24(15)2)22-16(25)12-3-5-13(18)6-4-12/h3-6,8-10H,7H2,1-2H3,(H,19,26)(H,22,25). The molecule has 2 amide bonds. The molecule has 8 nitrogen and oxygen atoms in total. The number of hydrogen-bond donors (Lipinski definition) is 2.